The van der Waals surface area contributed by atoms with E-state index >= 15 is 0 Å². The van der Waals surface area contributed by atoms with Crippen molar-refractivity contribution in [2.24, 2.45) is 7.05 Å². The summed E-state index contributed by atoms with van der Waals surface area (Å²) in [7, 11) is 1.91. The molecule has 0 N–H and O–H groups in total. The minimum Gasteiger partial charge on any atom is -0.351 e. The second-order valence-corrected chi connectivity index (χ2v) is 9.16. The van der Waals surface area contributed by atoms with Crippen LogP contribution in [0.5, 0.6) is 0 Å². The first-order valence-electron chi connectivity index (χ1n) is 11.9. The van der Waals surface area contributed by atoms with Crippen LogP contribution in [0.3, 0.4) is 0 Å². The molecular weight excluding hydrogens is 457 g/mol. The van der Waals surface area contributed by atoms with E-state index in [9.17, 15) is 4.39 Å². The lowest BCUT2D eigenvalue weighted by Crippen LogP contribution is -2.47. The van der Waals surface area contributed by atoms with E-state index in [1.54, 1.807) is 17.1 Å². The average molecular weight is 484 g/mol. The summed E-state index contributed by atoms with van der Waals surface area (Å²) in [5.74, 6) is 1.44. The molecule has 6 rings (SSSR count). The van der Waals surface area contributed by atoms with Crippen LogP contribution in [0.4, 0.5) is 16.2 Å². The second kappa shape index (κ2) is 9.03. The highest BCUT2D eigenvalue weighted by Crippen LogP contribution is 2.27. The van der Waals surface area contributed by atoms with E-state index in [2.05, 4.69) is 41.0 Å². The Bertz CT molecular complexity index is 1510. The van der Waals surface area contributed by atoms with Crippen LogP contribution in [0.15, 0.2) is 61.6 Å². The van der Waals surface area contributed by atoms with Crippen LogP contribution in [0.2, 0.25) is 0 Å². The van der Waals surface area contributed by atoms with Crippen molar-refractivity contribution in [2.45, 2.75) is 13.3 Å². The van der Waals surface area contributed by atoms with Gasteiger partial charge in [0, 0.05) is 75.6 Å². The van der Waals surface area contributed by atoms with E-state index in [0.29, 0.717) is 6.42 Å². The molecule has 10 heteroatoms. The summed E-state index contributed by atoms with van der Waals surface area (Å²) in [6.07, 6.45) is 11.9. The average Bonchev–Trinajstić information content (AvgIpc) is 3.52. The summed E-state index contributed by atoms with van der Waals surface area (Å²) in [4.78, 5) is 18.3. The Kier molecular flexibility index (Phi) is 5.55. The SMILES string of the molecule is Cc1cc(F)ccc1Cc1cnc(N2CCN(c3ncnn4cc(-c5cnn(C)c5)cc34)CC2)nc1. The highest BCUT2D eigenvalue weighted by molar-refractivity contribution is 5.77. The summed E-state index contributed by atoms with van der Waals surface area (Å²) < 4.78 is 17.1. The molecule has 0 unspecified atom stereocenters. The maximum absolute atomic E-state index is 13.4. The van der Waals surface area contributed by atoms with Crippen molar-refractivity contribution in [3.63, 3.8) is 0 Å². The lowest BCUT2D eigenvalue weighted by Gasteiger charge is -2.35. The van der Waals surface area contributed by atoms with Gasteiger partial charge in [-0.25, -0.2) is 23.9 Å². The Hall–Kier alpha value is -4.34. The van der Waals surface area contributed by atoms with Crippen molar-refractivity contribution in [1.29, 1.82) is 0 Å². The number of anilines is 2. The first-order chi connectivity index (χ1) is 17.5. The lowest BCUT2D eigenvalue weighted by atomic mass is 10.0. The summed E-state index contributed by atoms with van der Waals surface area (Å²) in [6, 6.07) is 7.00. The molecule has 0 atom stereocenters. The molecule has 1 saturated heterocycles. The van der Waals surface area contributed by atoms with Crippen LogP contribution in [0.25, 0.3) is 16.6 Å². The van der Waals surface area contributed by atoms with Gasteiger partial charge in [-0.3, -0.25) is 4.68 Å². The number of nitrogens with zero attached hydrogens (tertiary/aromatic N) is 9. The first-order valence-corrected chi connectivity index (χ1v) is 11.9. The van der Waals surface area contributed by atoms with Gasteiger partial charge in [-0.1, -0.05) is 6.07 Å². The molecule has 0 aliphatic carbocycles. The van der Waals surface area contributed by atoms with Gasteiger partial charge in [0.05, 0.1) is 6.20 Å². The number of hydrogen-bond acceptors (Lipinski definition) is 7. The number of aromatic nitrogens is 7. The van der Waals surface area contributed by atoms with Gasteiger partial charge in [-0.15, -0.1) is 0 Å². The van der Waals surface area contributed by atoms with Crippen LogP contribution in [-0.4, -0.2) is 60.5 Å². The fraction of sp³-hybridized carbons (Fsp3) is 0.269. The van der Waals surface area contributed by atoms with Crippen LogP contribution < -0.4 is 9.80 Å². The molecule has 9 nitrogen and oxygen atoms in total. The minimum atomic E-state index is -0.212. The fourth-order valence-corrected chi connectivity index (χ4v) is 4.69. The van der Waals surface area contributed by atoms with E-state index < -0.39 is 0 Å². The molecule has 0 radical (unpaired) electrons. The Morgan fingerprint density at radius 3 is 2.36 bits per heavy atom. The zero-order valence-electron chi connectivity index (χ0n) is 20.2. The molecule has 5 aromatic rings. The molecule has 0 bridgehead atoms. The Morgan fingerprint density at radius 2 is 1.64 bits per heavy atom. The smallest absolute Gasteiger partial charge is 0.225 e. The fourth-order valence-electron chi connectivity index (χ4n) is 4.69. The van der Waals surface area contributed by atoms with Crippen molar-refractivity contribution < 1.29 is 4.39 Å². The number of benzene rings is 1. The van der Waals surface area contributed by atoms with E-state index in [1.165, 1.54) is 6.07 Å². The molecule has 36 heavy (non-hydrogen) atoms. The van der Waals surface area contributed by atoms with Gasteiger partial charge in [-0.2, -0.15) is 10.2 Å². The summed E-state index contributed by atoms with van der Waals surface area (Å²) in [5, 5.41) is 8.68. The maximum atomic E-state index is 13.4. The maximum Gasteiger partial charge on any atom is 0.225 e. The molecule has 0 saturated carbocycles. The highest BCUT2D eigenvalue weighted by Gasteiger charge is 2.22. The lowest BCUT2D eigenvalue weighted by molar-refractivity contribution is 0.625. The summed E-state index contributed by atoms with van der Waals surface area (Å²) in [6.45, 7) is 5.12. The molecule has 0 spiro atoms. The summed E-state index contributed by atoms with van der Waals surface area (Å²) in [5.41, 5.74) is 6.11. The third-order valence-corrected chi connectivity index (χ3v) is 6.68. The number of halogens is 1. The molecule has 1 aliphatic rings. The van der Waals surface area contributed by atoms with E-state index in [1.807, 2.05) is 55.5 Å². The quantitative estimate of drug-likeness (QED) is 0.380. The normalized spacial score (nSPS) is 14.1. The molecular formula is C26H26FN9. The Balaban J connectivity index is 1.14. The van der Waals surface area contributed by atoms with Gasteiger partial charge in [0.25, 0.3) is 0 Å². The highest BCUT2D eigenvalue weighted by atomic mass is 19.1. The zero-order chi connectivity index (χ0) is 24.6. The molecule has 1 fully saturated rings. The van der Waals surface area contributed by atoms with Crippen LogP contribution in [0.1, 0.15) is 16.7 Å². The molecule has 0 amide bonds. The van der Waals surface area contributed by atoms with Crippen LogP contribution in [-0.2, 0) is 13.5 Å². The monoisotopic (exact) mass is 483 g/mol. The van der Waals surface area contributed by atoms with Crippen molar-refractivity contribution in [3.05, 3.63) is 84.1 Å². The van der Waals surface area contributed by atoms with Gasteiger partial charge in [-0.05, 0) is 41.8 Å². The third kappa shape index (κ3) is 4.26. The Morgan fingerprint density at radius 1 is 0.861 bits per heavy atom. The minimum absolute atomic E-state index is 0.212. The third-order valence-electron chi connectivity index (χ3n) is 6.68. The van der Waals surface area contributed by atoms with Gasteiger partial charge in [0.2, 0.25) is 5.95 Å². The number of hydrogen-bond donors (Lipinski definition) is 0. The van der Waals surface area contributed by atoms with E-state index in [0.717, 1.165) is 71.3 Å². The number of rotatable bonds is 5. The van der Waals surface area contributed by atoms with E-state index in [4.69, 9.17) is 0 Å². The van der Waals surface area contributed by atoms with Gasteiger partial charge in [0.15, 0.2) is 5.82 Å². The molecule has 182 valence electrons. The van der Waals surface area contributed by atoms with E-state index in [-0.39, 0.29) is 5.82 Å². The topological polar surface area (TPSA) is 80.3 Å². The van der Waals surface area contributed by atoms with Gasteiger partial charge < -0.3 is 9.80 Å². The predicted molar refractivity (Wildman–Crippen MR) is 136 cm³/mol. The molecule has 5 heterocycles. The van der Waals surface area contributed by atoms with Crippen LogP contribution >= 0.6 is 0 Å². The first kappa shape index (κ1) is 22.1. The van der Waals surface area contributed by atoms with Crippen molar-refractivity contribution in [2.75, 3.05) is 36.0 Å². The van der Waals surface area contributed by atoms with Crippen molar-refractivity contribution in [3.8, 4) is 11.1 Å². The molecule has 1 aromatic carbocycles. The number of piperazine rings is 1. The number of aryl methyl sites for hydroxylation is 2. The molecule has 1 aliphatic heterocycles. The Labute approximate surface area is 207 Å². The van der Waals surface area contributed by atoms with Crippen LogP contribution in [0, 0.1) is 12.7 Å². The molecule has 4 aromatic heterocycles. The predicted octanol–water partition coefficient (Wildman–Crippen LogP) is 3.28. The van der Waals surface area contributed by atoms with Gasteiger partial charge in [0.1, 0.15) is 17.7 Å². The zero-order valence-corrected chi connectivity index (χ0v) is 20.2. The summed E-state index contributed by atoms with van der Waals surface area (Å²) >= 11 is 0. The van der Waals surface area contributed by atoms with Crippen molar-refractivity contribution >= 4 is 17.3 Å². The second-order valence-electron chi connectivity index (χ2n) is 9.16. The van der Waals surface area contributed by atoms with Gasteiger partial charge >= 0.3 is 0 Å². The standard InChI is InChI=1S/C26H26FN9/c1-18-9-23(27)4-3-20(18)10-19-12-28-26(29-13-19)35-7-5-34(6-8-35)25-24-11-21(16-36(24)32-17-30-25)22-14-31-33(2)15-22/h3-4,9,11-17H,5-8,10H2,1-2H3. The number of fused-ring (bicyclic) bond motifs is 1. The largest absolute Gasteiger partial charge is 0.351 e. The van der Waals surface area contributed by atoms with Crippen molar-refractivity contribution in [1.82, 2.24) is 34.3 Å².